The summed E-state index contributed by atoms with van der Waals surface area (Å²) < 4.78 is 4.57. The van der Waals surface area contributed by atoms with E-state index < -0.39 is 4.75 Å². The summed E-state index contributed by atoms with van der Waals surface area (Å²) >= 11 is 7.72. The first-order valence-electron chi connectivity index (χ1n) is 8.98. The number of methoxy groups -OCH3 is 1. The smallest absolute Gasteiger partial charge is 0.135 e. The Kier molecular flexibility index (Phi) is 5.21. The van der Waals surface area contributed by atoms with Crippen LogP contribution in [0.3, 0.4) is 0 Å². The van der Waals surface area contributed by atoms with Gasteiger partial charge in [-0.2, -0.15) is 5.26 Å². The molecule has 0 bridgehead atoms. The number of benzene rings is 3. The number of halogens is 1. The normalized spacial score (nSPS) is 20.5. The summed E-state index contributed by atoms with van der Waals surface area (Å²) in [6, 6.07) is 26.3. The summed E-state index contributed by atoms with van der Waals surface area (Å²) in [6.45, 7) is 0. The zero-order valence-corrected chi connectivity index (χ0v) is 16.9. The molecule has 0 spiro atoms. The first kappa shape index (κ1) is 18.7. The van der Waals surface area contributed by atoms with Crippen LogP contribution in [-0.4, -0.2) is 11.9 Å². The molecule has 4 rings (SSSR count). The third-order valence-corrected chi connectivity index (χ3v) is 6.63. The summed E-state index contributed by atoms with van der Waals surface area (Å²) in [5.74, 6) is 0.809. The van der Waals surface area contributed by atoms with Crippen molar-refractivity contribution < 1.29 is 4.74 Å². The highest BCUT2D eigenvalue weighted by atomic mass is 35.5. The molecule has 0 fully saturated rings. The van der Waals surface area contributed by atoms with Crippen LogP contribution in [0.15, 0.2) is 77.7 Å². The van der Waals surface area contributed by atoms with E-state index in [0.717, 1.165) is 27.5 Å². The number of thioether (sulfide) groups is 1. The fourth-order valence-electron chi connectivity index (χ4n) is 3.52. The van der Waals surface area contributed by atoms with Gasteiger partial charge in [-0.1, -0.05) is 59.8 Å². The van der Waals surface area contributed by atoms with E-state index in [2.05, 4.69) is 23.5 Å². The minimum Gasteiger partial charge on any atom is -0.497 e. The molecule has 0 aliphatic carbocycles. The van der Waals surface area contributed by atoms with E-state index in [9.17, 15) is 5.26 Å². The van der Waals surface area contributed by atoms with Crippen LogP contribution in [0.25, 0.3) is 0 Å². The highest BCUT2D eigenvalue weighted by molar-refractivity contribution is 8.01. The van der Waals surface area contributed by atoms with E-state index in [1.165, 1.54) is 0 Å². The summed E-state index contributed by atoms with van der Waals surface area (Å²) in [5.41, 5.74) is 3.18. The Labute approximate surface area is 174 Å². The van der Waals surface area contributed by atoms with Gasteiger partial charge < -0.3 is 10.1 Å². The highest BCUT2D eigenvalue weighted by Crippen LogP contribution is 2.52. The predicted molar refractivity (Wildman–Crippen MR) is 115 cm³/mol. The van der Waals surface area contributed by atoms with Crippen LogP contribution < -0.4 is 10.1 Å². The monoisotopic (exact) mass is 406 g/mol. The van der Waals surface area contributed by atoms with E-state index >= 15 is 0 Å². The van der Waals surface area contributed by atoms with Gasteiger partial charge in [0.15, 0.2) is 0 Å². The number of anilines is 1. The average Bonchev–Trinajstić information content (AvgIpc) is 2.74. The second kappa shape index (κ2) is 7.79. The lowest BCUT2D eigenvalue weighted by Crippen LogP contribution is -2.41. The number of para-hydroxylation sites is 1. The Bertz CT molecular complexity index is 1010. The minimum absolute atomic E-state index is 0.170. The fraction of sp³-hybridized carbons (Fsp3) is 0.174. The molecule has 140 valence electrons. The maximum Gasteiger partial charge on any atom is 0.135 e. The van der Waals surface area contributed by atoms with Crippen LogP contribution in [0, 0.1) is 11.3 Å². The first-order valence-corrected chi connectivity index (χ1v) is 10.2. The maximum atomic E-state index is 10.4. The largest absolute Gasteiger partial charge is 0.497 e. The van der Waals surface area contributed by atoms with Crippen molar-refractivity contribution in [3.8, 4) is 11.8 Å². The maximum absolute atomic E-state index is 10.4. The van der Waals surface area contributed by atoms with E-state index in [0.29, 0.717) is 11.4 Å². The molecule has 0 saturated heterocycles. The third kappa shape index (κ3) is 3.56. The van der Waals surface area contributed by atoms with Crippen molar-refractivity contribution in [1.29, 1.82) is 5.26 Å². The molecule has 3 aromatic rings. The molecule has 28 heavy (non-hydrogen) atoms. The summed E-state index contributed by atoms with van der Waals surface area (Å²) in [7, 11) is 1.65. The van der Waals surface area contributed by atoms with Crippen LogP contribution in [0.1, 0.15) is 17.2 Å². The number of nitrogens with zero attached hydrogens (tertiary/aromatic N) is 1. The molecule has 1 aliphatic heterocycles. The van der Waals surface area contributed by atoms with Crippen molar-refractivity contribution in [3.05, 3.63) is 88.9 Å². The van der Waals surface area contributed by atoms with Gasteiger partial charge in [-0.25, -0.2) is 0 Å². The lowest BCUT2D eigenvalue weighted by atomic mass is 9.87. The number of ether oxygens (including phenoxy) is 1. The number of fused-ring (bicyclic) bond motifs is 1. The van der Waals surface area contributed by atoms with Crippen LogP contribution >= 0.6 is 23.4 Å². The van der Waals surface area contributed by atoms with Crippen molar-refractivity contribution in [1.82, 2.24) is 0 Å². The molecule has 1 aliphatic rings. The summed E-state index contributed by atoms with van der Waals surface area (Å²) in [4.78, 5) is 1.09. The van der Waals surface area contributed by atoms with Crippen LogP contribution in [-0.2, 0) is 6.42 Å². The van der Waals surface area contributed by atoms with Gasteiger partial charge in [0.2, 0.25) is 0 Å². The fourth-order valence-corrected chi connectivity index (χ4v) is 5.02. The van der Waals surface area contributed by atoms with Crippen LogP contribution in [0.4, 0.5) is 5.69 Å². The Morgan fingerprint density at radius 2 is 1.79 bits per heavy atom. The topological polar surface area (TPSA) is 45.0 Å². The molecule has 1 heterocycles. The van der Waals surface area contributed by atoms with Crippen molar-refractivity contribution in [2.45, 2.75) is 22.1 Å². The number of hydrogen-bond donors (Lipinski definition) is 1. The second-order valence-electron chi connectivity index (χ2n) is 6.75. The SMILES string of the molecule is COc1ccc(CC2(C#N)Sc3ccccc3NC2c2ccc(Cl)cc2)cc1. The van der Waals surface area contributed by atoms with E-state index in [1.54, 1.807) is 18.9 Å². The predicted octanol–water partition coefficient (Wildman–Crippen LogP) is 6.11. The van der Waals surface area contributed by atoms with Gasteiger partial charge in [0.25, 0.3) is 0 Å². The number of hydrogen-bond acceptors (Lipinski definition) is 4. The van der Waals surface area contributed by atoms with E-state index in [4.69, 9.17) is 16.3 Å². The van der Waals surface area contributed by atoms with Gasteiger partial charge >= 0.3 is 0 Å². The van der Waals surface area contributed by atoms with Crippen molar-refractivity contribution in [2.24, 2.45) is 0 Å². The lowest BCUT2D eigenvalue weighted by molar-refractivity contribution is 0.414. The van der Waals surface area contributed by atoms with Crippen molar-refractivity contribution in [2.75, 3.05) is 12.4 Å². The van der Waals surface area contributed by atoms with Gasteiger partial charge in [-0.15, -0.1) is 0 Å². The Morgan fingerprint density at radius 1 is 1.07 bits per heavy atom. The molecule has 3 aromatic carbocycles. The zero-order valence-electron chi connectivity index (χ0n) is 15.4. The Morgan fingerprint density at radius 3 is 2.46 bits per heavy atom. The molecule has 3 nitrogen and oxygen atoms in total. The van der Waals surface area contributed by atoms with Crippen LogP contribution in [0.5, 0.6) is 5.75 Å². The molecule has 0 saturated carbocycles. The number of nitrogens with one attached hydrogen (secondary N) is 1. The average molecular weight is 407 g/mol. The van der Waals surface area contributed by atoms with E-state index in [1.807, 2.05) is 60.7 Å². The van der Waals surface area contributed by atoms with Crippen molar-refractivity contribution >= 4 is 29.1 Å². The molecule has 2 unspecified atom stereocenters. The Hall–Kier alpha value is -2.61. The summed E-state index contributed by atoms with van der Waals surface area (Å²) in [6.07, 6.45) is 0.604. The second-order valence-corrected chi connectivity index (χ2v) is 8.56. The molecule has 1 N–H and O–H groups in total. The van der Waals surface area contributed by atoms with Crippen LogP contribution in [0.2, 0.25) is 5.02 Å². The van der Waals surface area contributed by atoms with Gasteiger partial charge in [0.1, 0.15) is 10.5 Å². The Balaban J connectivity index is 1.77. The van der Waals surface area contributed by atoms with Gasteiger partial charge in [-0.05, 0) is 47.5 Å². The molecule has 0 amide bonds. The number of rotatable bonds is 4. The zero-order chi connectivity index (χ0) is 19.6. The van der Waals surface area contributed by atoms with E-state index in [-0.39, 0.29) is 6.04 Å². The quantitative estimate of drug-likeness (QED) is 0.567. The van der Waals surface area contributed by atoms with Gasteiger partial charge in [0.05, 0.1) is 19.2 Å². The molecule has 0 aromatic heterocycles. The minimum atomic E-state index is -0.698. The third-order valence-electron chi connectivity index (χ3n) is 4.96. The van der Waals surface area contributed by atoms with Crippen molar-refractivity contribution in [3.63, 3.8) is 0 Å². The number of nitriles is 1. The molecular weight excluding hydrogens is 388 g/mol. The molecule has 5 heteroatoms. The first-order chi connectivity index (χ1) is 13.6. The van der Waals surface area contributed by atoms with Gasteiger partial charge in [-0.3, -0.25) is 0 Å². The van der Waals surface area contributed by atoms with Gasteiger partial charge in [0, 0.05) is 22.0 Å². The highest BCUT2D eigenvalue weighted by Gasteiger charge is 2.45. The lowest BCUT2D eigenvalue weighted by Gasteiger charge is -2.40. The summed E-state index contributed by atoms with van der Waals surface area (Å²) in [5, 5.41) is 14.6. The molecule has 2 atom stereocenters. The molecular formula is C23H19ClN2OS. The standard InChI is InChI=1S/C23H19ClN2OS/c1-27-19-12-6-16(7-13-19)14-23(15-25)22(17-8-10-18(24)11-9-17)26-20-4-2-3-5-21(20)28-23/h2-13,22,26H,14H2,1H3. The molecule has 0 radical (unpaired) electrons.